The summed E-state index contributed by atoms with van der Waals surface area (Å²) in [6, 6.07) is 6.29. The molecule has 3 heteroatoms. The van der Waals surface area contributed by atoms with E-state index in [0.29, 0.717) is 5.75 Å². The molecule has 1 fully saturated rings. The molecule has 2 rings (SSSR count). The van der Waals surface area contributed by atoms with Crippen molar-refractivity contribution in [1.82, 2.24) is 5.32 Å². The van der Waals surface area contributed by atoms with Crippen LogP contribution in [-0.2, 0) is 0 Å². The Hall–Kier alpha value is -1.22. The predicted molar refractivity (Wildman–Crippen MR) is 85.4 cm³/mol. The van der Waals surface area contributed by atoms with Gasteiger partial charge in [-0.3, -0.25) is 0 Å². The predicted octanol–water partition coefficient (Wildman–Crippen LogP) is 3.69. The highest BCUT2D eigenvalue weighted by molar-refractivity contribution is 5.54. The van der Waals surface area contributed by atoms with Gasteiger partial charge in [0.1, 0.15) is 5.75 Å². The van der Waals surface area contributed by atoms with E-state index < -0.39 is 0 Å². The van der Waals surface area contributed by atoms with Gasteiger partial charge in [-0.05, 0) is 38.8 Å². The van der Waals surface area contributed by atoms with Crippen molar-refractivity contribution in [3.05, 3.63) is 23.8 Å². The Morgan fingerprint density at radius 1 is 1.35 bits per heavy atom. The molecule has 1 aromatic carbocycles. The van der Waals surface area contributed by atoms with E-state index in [4.69, 9.17) is 0 Å². The number of phenolic OH excluding ortho intramolecular Hbond substituents is 1. The first-order valence-electron chi connectivity index (χ1n) is 7.90. The Labute approximate surface area is 123 Å². The number of nitrogens with zero attached hydrogens (tertiary/aromatic N) is 1. The van der Waals surface area contributed by atoms with Crippen molar-refractivity contribution in [2.24, 2.45) is 5.92 Å². The lowest BCUT2D eigenvalue weighted by molar-refractivity contribution is 0.378. The van der Waals surface area contributed by atoms with Crippen LogP contribution in [0.1, 0.15) is 51.1 Å². The van der Waals surface area contributed by atoms with Crippen LogP contribution in [0, 0.1) is 5.92 Å². The molecule has 3 nitrogen and oxygen atoms in total. The number of aromatic hydroxyl groups is 1. The first-order valence-corrected chi connectivity index (χ1v) is 7.90. The average molecular weight is 276 g/mol. The molecule has 0 saturated carbocycles. The number of hydrogen-bond donors (Lipinski definition) is 2. The van der Waals surface area contributed by atoms with Gasteiger partial charge in [0.2, 0.25) is 0 Å². The van der Waals surface area contributed by atoms with Gasteiger partial charge in [-0.2, -0.15) is 0 Å². The Morgan fingerprint density at radius 3 is 2.60 bits per heavy atom. The second-order valence-electron chi connectivity index (χ2n) is 5.97. The number of rotatable bonds is 5. The second kappa shape index (κ2) is 6.98. The topological polar surface area (TPSA) is 35.5 Å². The van der Waals surface area contributed by atoms with Crippen LogP contribution in [-0.4, -0.2) is 25.2 Å². The fourth-order valence-corrected chi connectivity index (χ4v) is 3.14. The highest BCUT2D eigenvalue weighted by Gasteiger charge is 2.19. The Kier molecular flexibility index (Phi) is 5.30. The van der Waals surface area contributed by atoms with Gasteiger partial charge in [0.05, 0.1) is 0 Å². The molecule has 0 bridgehead atoms. The van der Waals surface area contributed by atoms with E-state index >= 15 is 0 Å². The molecule has 0 aliphatic carbocycles. The number of anilines is 1. The van der Waals surface area contributed by atoms with E-state index in [1.54, 1.807) is 0 Å². The zero-order valence-electron chi connectivity index (χ0n) is 13.0. The fourth-order valence-electron chi connectivity index (χ4n) is 3.14. The molecule has 1 saturated heterocycles. The highest BCUT2D eigenvalue weighted by Crippen LogP contribution is 2.31. The summed E-state index contributed by atoms with van der Waals surface area (Å²) in [6.07, 6.45) is 5.21. The summed E-state index contributed by atoms with van der Waals surface area (Å²) >= 11 is 0. The van der Waals surface area contributed by atoms with Crippen molar-refractivity contribution >= 4 is 5.69 Å². The average Bonchev–Trinajstić information content (AvgIpc) is 2.47. The molecule has 1 aromatic rings. The van der Waals surface area contributed by atoms with Crippen LogP contribution in [0.3, 0.4) is 0 Å². The number of hydrogen-bond acceptors (Lipinski definition) is 3. The minimum absolute atomic E-state index is 0.180. The van der Waals surface area contributed by atoms with Gasteiger partial charge in [0, 0.05) is 36.4 Å². The molecular weight excluding hydrogens is 248 g/mol. The Balaban J connectivity index is 2.02. The van der Waals surface area contributed by atoms with Gasteiger partial charge < -0.3 is 15.3 Å². The number of phenols is 1. The van der Waals surface area contributed by atoms with E-state index in [-0.39, 0.29) is 6.04 Å². The van der Waals surface area contributed by atoms with E-state index in [0.717, 1.165) is 30.3 Å². The Bertz CT molecular complexity index is 425. The van der Waals surface area contributed by atoms with Crippen molar-refractivity contribution in [1.29, 1.82) is 0 Å². The van der Waals surface area contributed by atoms with Crippen molar-refractivity contribution in [3.8, 4) is 5.75 Å². The molecule has 0 aromatic heterocycles. The molecule has 1 atom stereocenters. The van der Waals surface area contributed by atoms with Gasteiger partial charge in [-0.1, -0.05) is 25.8 Å². The molecular formula is C17H28N2O. The van der Waals surface area contributed by atoms with Crippen molar-refractivity contribution in [2.45, 2.75) is 45.6 Å². The number of nitrogens with one attached hydrogen (secondary N) is 1. The first kappa shape index (κ1) is 15.2. The van der Waals surface area contributed by atoms with Crippen molar-refractivity contribution in [2.75, 3.05) is 25.0 Å². The van der Waals surface area contributed by atoms with Crippen LogP contribution in [0.2, 0.25) is 0 Å². The Morgan fingerprint density at radius 2 is 2.05 bits per heavy atom. The van der Waals surface area contributed by atoms with Gasteiger partial charge in [-0.15, -0.1) is 0 Å². The summed E-state index contributed by atoms with van der Waals surface area (Å²) in [4.78, 5) is 2.40. The number of benzene rings is 1. The van der Waals surface area contributed by atoms with Crippen LogP contribution in [0.15, 0.2) is 18.2 Å². The van der Waals surface area contributed by atoms with E-state index in [2.05, 4.69) is 30.1 Å². The van der Waals surface area contributed by atoms with Crippen molar-refractivity contribution in [3.63, 3.8) is 0 Å². The van der Waals surface area contributed by atoms with E-state index in [1.165, 1.54) is 25.7 Å². The minimum atomic E-state index is 0.180. The molecule has 1 heterocycles. The monoisotopic (exact) mass is 276 g/mol. The summed E-state index contributed by atoms with van der Waals surface area (Å²) in [6.45, 7) is 6.56. The summed E-state index contributed by atoms with van der Waals surface area (Å²) in [5.74, 6) is 1.30. The molecule has 1 unspecified atom stereocenters. The van der Waals surface area contributed by atoms with Gasteiger partial charge in [0.25, 0.3) is 0 Å². The van der Waals surface area contributed by atoms with Gasteiger partial charge in [0.15, 0.2) is 0 Å². The quantitative estimate of drug-likeness (QED) is 0.861. The van der Waals surface area contributed by atoms with Crippen LogP contribution < -0.4 is 10.2 Å². The largest absolute Gasteiger partial charge is 0.508 e. The zero-order valence-corrected chi connectivity index (χ0v) is 13.0. The van der Waals surface area contributed by atoms with Gasteiger partial charge >= 0.3 is 0 Å². The lowest BCUT2D eigenvalue weighted by Crippen LogP contribution is -2.33. The summed E-state index contributed by atoms with van der Waals surface area (Å²) in [7, 11) is 1.91. The number of piperidine rings is 1. The smallest absolute Gasteiger partial charge is 0.122 e. The molecule has 0 amide bonds. The molecule has 0 spiro atoms. The van der Waals surface area contributed by atoms with Crippen LogP contribution >= 0.6 is 0 Å². The molecule has 20 heavy (non-hydrogen) atoms. The van der Waals surface area contributed by atoms with Crippen LogP contribution in [0.25, 0.3) is 0 Å². The highest BCUT2D eigenvalue weighted by atomic mass is 16.3. The molecule has 112 valence electrons. The van der Waals surface area contributed by atoms with Crippen LogP contribution in [0.4, 0.5) is 5.69 Å². The van der Waals surface area contributed by atoms with Crippen molar-refractivity contribution < 1.29 is 5.11 Å². The molecule has 1 aliphatic rings. The lowest BCUT2D eigenvalue weighted by Gasteiger charge is -2.34. The molecule has 0 radical (unpaired) electrons. The standard InChI is InChI=1S/C17H28N2O/c1-4-5-14-8-10-19(11-9-14)15-6-7-16(13(2)18-3)17(20)12-15/h6-7,12-14,18,20H,4-5,8-11H2,1-3H3. The normalized spacial score (nSPS) is 18.2. The second-order valence-corrected chi connectivity index (χ2v) is 5.97. The molecule has 1 aliphatic heterocycles. The van der Waals surface area contributed by atoms with E-state index in [9.17, 15) is 5.11 Å². The summed E-state index contributed by atoms with van der Waals surface area (Å²) in [5.41, 5.74) is 2.13. The van der Waals surface area contributed by atoms with Gasteiger partial charge in [-0.25, -0.2) is 0 Å². The van der Waals surface area contributed by atoms with Crippen LogP contribution in [0.5, 0.6) is 5.75 Å². The maximum Gasteiger partial charge on any atom is 0.122 e. The fraction of sp³-hybridized carbons (Fsp3) is 0.647. The minimum Gasteiger partial charge on any atom is -0.508 e. The first-order chi connectivity index (χ1) is 9.65. The van der Waals surface area contributed by atoms with E-state index in [1.807, 2.05) is 19.2 Å². The summed E-state index contributed by atoms with van der Waals surface area (Å²) < 4.78 is 0. The SMILES string of the molecule is CCCC1CCN(c2ccc(C(C)NC)c(O)c2)CC1. The maximum absolute atomic E-state index is 10.2. The summed E-state index contributed by atoms with van der Waals surface area (Å²) in [5, 5.41) is 13.4. The third-order valence-corrected chi connectivity index (χ3v) is 4.59. The molecule has 2 N–H and O–H groups in total. The maximum atomic E-state index is 10.2. The third kappa shape index (κ3) is 3.45. The lowest BCUT2D eigenvalue weighted by atomic mass is 9.92. The third-order valence-electron chi connectivity index (χ3n) is 4.59. The zero-order chi connectivity index (χ0) is 14.5.